The number of amides is 1. The van der Waals surface area contributed by atoms with Crippen LogP contribution in [0.25, 0.3) is 0 Å². The average Bonchev–Trinajstić information content (AvgIpc) is 2.53. The third-order valence-corrected chi connectivity index (χ3v) is 3.87. The minimum atomic E-state index is -0.581. The van der Waals surface area contributed by atoms with Gasteiger partial charge < -0.3 is 10.1 Å². The molecule has 2 rings (SSSR count). The molecule has 0 saturated carbocycles. The number of nitro benzene ring substituents is 1. The van der Waals surface area contributed by atoms with Crippen molar-refractivity contribution in [1.29, 1.82) is 0 Å². The first kappa shape index (κ1) is 21.2. The van der Waals surface area contributed by atoms with E-state index >= 15 is 0 Å². The molecular formula is C21H27N3O4. The van der Waals surface area contributed by atoms with Gasteiger partial charge in [-0.1, -0.05) is 26.8 Å². The number of rotatable bonds is 4. The maximum absolute atomic E-state index is 11.8. The number of carbonyl (C=O) groups is 1. The molecule has 0 unspecified atom stereocenters. The summed E-state index contributed by atoms with van der Waals surface area (Å²) in [5.74, 6) is 0. The molecule has 0 fully saturated rings. The number of hydrogen-bond acceptors (Lipinski definition) is 5. The van der Waals surface area contributed by atoms with Crippen LogP contribution in [0.2, 0.25) is 0 Å². The van der Waals surface area contributed by atoms with Crippen LogP contribution in [0.4, 0.5) is 27.5 Å². The van der Waals surface area contributed by atoms with Gasteiger partial charge in [0.25, 0.3) is 5.69 Å². The number of nitro groups is 1. The third-order valence-electron chi connectivity index (χ3n) is 3.87. The smallest absolute Gasteiger partial charge is 0.412 e. The fourth-order valence-electron chi connectivity index (χ4n) is 2.48. The van der Waals surface area contributed by atoms with Gasteiger partial charge in [-0.15, -0.1) is 0 Å². The van der Waals surface area contributed by atoms with E-state index in [4.69, 9.17) is 4.74 Å². The first-order valence-electron chi connectivity index (χ1n) is 9.01. The molecule has 0 spiro atoms. The Morgan fingerprint density at radius 2 is 1.54 bits per heavy atom. The highest BCUT2D eigenvalue weighted by Crippen LogP contribution is 2.33. The Kier molecular flexibility index (Phi) is 5.97. The van der Waals surface area contributed by atoms with Crippen molar-refractivity contribution in [3.8, 4) is 0 Å². The van der Waals surface area contributed by atoms with Crippen LogP contribution in [0.5, 0.6) is 0 Å². The van der Waals surface area contributed by atoms with Crippen molar-refractivity contribution in [2.24, 2.45) is 0 Å². The summed E-state index contributed by atoms with van der Waals surface area (Å²) >= 11 is 0. The van der Waals surface area contributed by atoms with Gasteiger partial charge in [0.15, 0.2) is 0 Å². The Labute approximate surface area is 165 Å². The van der Waals surface area contributed by atoms with Crippen molar-refractivity contribution in [2.45, 2.75) is 52.6 Å². The highest BCUT2D eigenvalue weighted by Gasteiger charge is 2.20. The first-order valence-corrected chi connectivity index (χ1v) is 9.01. The van der Waals surface area contributed by atoms with Gasteiger partial charge in [-0.25, -0.2) is 4.79 Å². The van der Waals surface area contributed by atoms with Gasteiger partial charge in [0.05, 0.1) is 4.92 Å². The van der Waals surface area contributed by atoms with Crippen LogP contribution in [0.3, 0.4) is 0 Å². The van der Waals surface area contributed by atoms with Gasteiger partial charge >= 0.3 is 6.09 Å². The molecule has 2 aromatic carbocycles. The largest absolute Gasteiger partial charge is 0.444 e. The van der Waals surface area contributed by atoms with Gasteiger partial charge in [-0.2, -0.15) is 0 Å². The van der Waals surface area contributed by atoms with Crippen molar-refractivity contribution in [1.82, 2.24) is 0 Å². The molecule has 0 aromatic heterocycles. The van der Waals surface area contributed by atoms with E-state index < -0.39 is 16.6 Å². The maximum Gasteiger partial charge on any atom is 0.412 e. The van der Waals surface area contributed by atoms with Crippen molar-refractivity contribution in [3.63, 3.8) is 0 Å². The molecule has 7 heteroatoms. The molecule has 2 aromatic rings. The summed E-state index contributed by atoms with van der Waals surface area (Å²) in [4.78, 5) is 22.8. The lowest BCUT2D eigenvalue weighted by atomic mass is 9.86. The van der Waals surface area contributed by atoms with E-state index in [1.165, 1.54) is 6.07 Å². The lowest BCUT2D eigenvalue weighted by Crippen LogP contribution is -2.27. The number of ether oxygens (including phenoxy) is 1. The number of nitrogens with zero attached hydrogens (tertiary/aromatic N) is 1. The van der Waals surface area contributed by atoms with Crippen LogP contribution in [0.1, 0.15) is 47.1 Å². The van der Waals surface area contributed by atoms with Crippen molar-refractivity contribution >= 4 is 28.8 Å². The molecule has 28 heavy (non-hydrogen) atoms. The zero-order valence-electron chi connectivity index (χ0n) is 17.1. The summed E-state index contributed by atoms with van der Waals surface area (Å²) in [6.45, 7) is 11.5. The summed E-state index contributed by atoms with van der Waals surface area (Å²) in [5.41, 5.74) is 1.94. The molecule has 150 valence electrons. The Morgan fingerprint density at radius 1 is 0.964 bits per heavy atom. The molecule has 0 bridgehead atoms. The van der Waals surface area contributed by atoms with Gasteiger partial charge in [0, 0.05) is 17.4 Å². The fourth-order valence-corrected chi connectivity index (χ4v) is 2.48. The van der Waals surface area contributed by atoms with E-state index in [0.717, 1.165) is 5.56 Å². The topological polar surface area (TPSA) is 93.5 Å². The highest BCUT2D eigenvalue weighted by molar-refractivity contribution is 5.85. The molecule has 0 aliphatic carbocycles. The molecule has 2 N–H and O–H groups in total. The number of carbonyl (C=O) groups excluding carboxylic acids is 1. The van der Waals surface area contributed by atoms with E-state index in [1.807, 2.05) is 0 Å². The van der Waals surface area contributed by atoms with Crippen molar-refractivity contribution in [2.75, 3.05) is 10.6 Å². The zero-order chi connectivity index (χ0) is 21.1. The molecule has 0 aliphatic rings. The Balaban J connectivity index is 2.19. The van der Waals surface area contributed by atoms with Gasteiger partial charge in [-0.05, 0) is 62.1 Å². The number of anilines is 3. The van der Waals surface area contributed by atoms with Crippen LogP contribution in [-0.2, 0) is 10.2 Å². The molecule has 1 amide bonds. The highest BCUT2D eigenvalue weighted by atomic mass is 16.6. The first-order chi connectivity index (χ1) is 12.8. The third kappa shape index (κ3) is 5.97. The molecule has 0 atom stereocenters. The average molecular weight is 385 g/mol. The van der Waals surface area contributed by atoms with Gasteiger partial charge in [0.1, 0.15) is 11.3 Å². The lowest BCUT2D eigenvalue weighted by Gasteiger charge is -2.20. The Hall–Kier alpha value is -3.09. The monoisotopic (exact) mass is 385 g/mol. The standard InChI is InChI=1S/C21H27N3O4/c1-20(2,3)14-7-12-18(24(26)27)17(13-14)22-15-8-10-16(11-9-15)23-19(25)28-21(4,5)6/h7-13,22H,1-6H3,(H,23,25). The Bertz CT molecular complexity index is 863. The number of benzene rings is 2. The summed E-state index contributed by atoms with van der Waals surface area (Å²) in [7, 11) is 0. The predicted molar refractivity (Wildman–Crippen MR) is 111 cm³/mol. The second-order valence-corrected chi connectivity index (χ2v) is 8.57. The molecule has 7 nitrogen and oxygen atoms in total. The summed E-state index contributed by atoms with van der Waals surface area (Å²) in [6, 6.07) is 12.0. The maximum atomic E-state index is 11.8. The van der Waals surface area contributed by atoms with E-state index in [0.29, 0.717) is 17.1 Å². The van der Waals surface area contributed by atoms with Crippen LogP contribution in [0.15, 0.2) is 42.5 Å². The second kappa shape index (κ2) is 7.88. The summed E-state index contributed by atoms with van der Waals surface area (Å²) in [6.07, 6.45) is -0.540. The molecule has 0 heterocycles. The van der Waals surface area contributed by atoms with Crippen molar-refractivity contribution < 1.29 is 14.5 Å². The van der Waals surface area contributed by atoms with Crippen LogP contribution in [-0.4, -0.2) is 16.6 Å². The predicted octanol–water partition coefficient (Wildman–Crippen LogP) is 5.98. The number of nitrogens with one attached hydrogen (secondary N) is 2. The number of hydrogen-bond donors (Lipinski definition) is 2. The minimum Gasteiger partial charge on any atom is -0.444 e. The van der Waals surface area contributed by atoms with Crippen molar-refractivity contribution in [3.05, 3.63) is 58.1 Å². The van der Waals surface area contributed by atoms with Crippen LogP contribution < -0.4 is 10.6 Å². The SMILES string of the molecule is CC(C)(C)OC(=O)Nc1ccc(Nc2cc(C(C)(C)C)ccc2[N+](=O)[O-])cc1. The van der Waals surface area contributed by atoms with E-state index in [9.17, 15) is 14.9 Å². The minimum absolute atomic E-state index is 0.00366. The second-order valence-electron chi connectivity index (χ2n) is 8.57. The van der Waals surface area contributed by atoms with Crippen LogP contribution >= 0.6 is 0 Å². The molecule has 0 saturated heterocycles. The lowest BCUT2D eigenvalue weighted by molar-refractivity contribution is -0.383. The normalized spacial score (nSPS) is 11.6. The zero-order valence-corrected chi connectivity index (χ0v) is 17.1. The van der Waals surface area contributed by atoms with Gasteiger partial charge in [0.2, 0.25) is 0 Å². The Morgan fingerprint density at radius 3 is 2.04 bits per heavy atom. The molecule has 0 aliphatic heterocycles. The fraction of sp³-hybridized carbons (Fsp3) is 0.381. The van der Waals surface area contributed by atoms with Crippen LogP contribution in [0, 0.1) is 10.1 Å². The van der Waals surface area contributed by atoms with Gasteiger partial charge in [-0.3, -0.25) is 15.4 Å². The molecular weight excluding hydrogens is 358 g/mol. The summed E-state index contributed by atoms with van der Waals surface area (Å²) in [5, 5.41) is 17.1. The quantitative estimate of drug-likeness (QED) is 0.498. The van der Waals surface area contributed by atoms with E-state index in [1.54, 1.807) is 57.2 Å². The molecule has 0 radical (unpaired) electrons. The summed E-state index contributed by atoms with van der Waals surface area (Å²) < 4.78 is 5.21. The van der Waals surface area contributed by atoms with E-state index in [-0.39, 0.29) is 11.1 Å². The van der Waals surface area contributed by atoms with E-state index in [2.05, 4.69) is 31.4 Å².